The molecule has 128 valence electrons. The van der Waals surface area contributed by atoms with Crippen LogP contribution >= 0.6 is 0 Å². The number of alkyl halides is 3. The summed E-state index contributed by atoms with van der Waals surface area (Å²) in [4.78, 5) is 33.5. The summed E-state index contributed by atoms with van der Waals surface area (Å²) in [5.74, 6) is -2.12. The van der Waals surface area contributed by atoms with Crippen LogP contribution in [0.1, 0.15) is 12.0 Å². The zero-order chi connectivity index (χ0) is 18.1. The first kappa shape index (κ1) is 17.5. The van der Waals surface area contributed by atoms with Crippen molar-refractivity contribution in [3.8, 4) is 0 Å². The van der Waals surface area contributed by atoms with Crippen LogP contribution in [0.3, 0.4) is 0 Å². The van der Waals surface area contributed by atoms with Crippen molar-refractivity contribution in [2.45, 2.75) is 18.6 Å². The van der Waals surface area contributed by atoms with Crippen LogP contribution in [0, 0.1) is 0 Å². The van der Waals surface area contributed by atoms with Crippen LogP contribution < -0.4 is 16.7 Å². The van der Waals surface area contributed by atoms with Gasteiger partial charge in [0.2, 0.25) is 5.91 Å². The summed E-state index contributed by atoms with van der Waals surface area (Å²) >= 11 is 0. The molecule has 24 heavy (non-hydrogen) atoms. The average Bonchev–Trinajstić information content (AvgIpc) is 2.44. The summed E-state index contributed by atoms with van der Waals surface area (Å²) in [6.07, 6.45) is -5.37. The molecule has 1 amide bonds. The quantitative estimate of drug-likeness (QED) is 0.723. The first-order valence-corrected chi connectivity index (χ1v) is 6.51. The molecule has 0 aliphatic carbocycles. The second kappa shape index (κ2) is 6.32. The monoisotopic (exact) mass is 344 g/mol. The lowest BCUT2D eigenvalue weighted by Gasteiger charge is -2.12. The minimum absolute atomic E-state index is 0.0100. The zero-order valence-electron chi connectivity index (χ0n) is 11.9. The second-order valence-electron chi connectivity index (χ2n) is 4.88. The van der Waals surface area contributed by atoms with Crippen LogP contribution in [0.4, 0.5) is 18.9 Å². The number of aliphatic carboxylic acids is 1. The summed E-state index contributed by atoms with van der Waals surface area (Å²) in [5, 5.41) is 10.5. The molecule has 0 aliphatic heterocycles. The lowest BCUT2D eigenvalue weighted by Crippen LogP contribution is -2.37. The zero-order valence-corrected chi connectivity index (χ0v) is 11.9. The molecule has 2 rings (SSSR count). The number of halogens is 3. The first-order valence-electron chi connectivity index (χ1n) is 6.51. The molecule has 10 heteroatoms. The van der Waals surface area contributed by atoms with Crippen LogP contribution in [0.15, 0.2) is 33.5 Å². The van der Waals surface area contributed by atoms with E-state index in [1.807, 2.05) is 0 Å². The fourth-order valence-electron chi connectivity index (χ4n) is 1.99. The lowest BCUT2D eigenvalue weighted by molar-refractivity contribution is -0.139. The van der Waals surface area contributed by atoms with E-state index in [-0.39, 0.29) is 16.7 Å². The summed E-state index contributed by atoms with van der Waals surface area (Å²) < 4.78 is 43.5. The molecule has 0 spiro atoms. The van der Waals surface area contributed by atoms with Gasteiger partial charge in [-0.15, -0.1) is 0 Å². The van der Waals surface area contributed by atoms with Gasteiger partial charge < -0.3 is 20.6 Å². The molecule has 4 N–H and O–H groups in total. The van der Waals surface area contributed by atoms with E-state index in [4.69, 9.17) is 15.3 Å². The van der Waals surface area contributed by atoms with E-state index in [1.54, 1.807) is 0 Å². The van der Waals surface area contributed by atoms with Crippen molar-refractivity contribution >= 4 is 28.5 Å². The van der Waals surface area contributed by atoms with E-state index >= 15 is 0 Å². The maximum Gasteiger partial charge on any atom is 0.417 e. The Morgan fingerprint density at radius 3 is 2.54 bits per heavy atom. The summed E-state index contributed by atoms with van der Waals surface area (Å²) in [5.41, 5.74) is 2.65. The Bertz CT molecular complexity index is 860. The van der Waals surface area contributed by atoms with Crippen molar-refractivity contribution < 1.29 is 32.3 Å². The molecule has 0 bridgehead atoms. The average molecular weight is 344 g/mol. The minimum atomic E-state index is -4.75. The van der Waals surface area contributed by atoms with Gasteiger partial charge in [-0.05, 0) is 12.1 Å². The third-order valence-corrected chi connectivity index (χ3v) is 3.05. The Morgan fingerprint density at radius 2 is 1.96 bits per heavy atom. The normalized spacial score (nSPS) is 12.8. The molecule has 0 saturated heterocycles. The highest BCUT2D eigenvalue weighted by Gasteiger charge is 2.33. The molecule has 1 aromatic heterocycles. The fourth-order valence-corrected chi connectivity index (χ4v) is 1.99. The van der Waals surface area contributed by atoms with E-state index in [1.165, 1.54) is 0 Å². The Labute approximate surface area is 131 Å². The van der Waals surface area contributed by atoms with Gasteiger partial charge in [0.25, 0.3) is 0 Å². The first-order chi connectivity index (χ1) is 11.1. The number of carboxylic acid groups (broad SMARTS) is 1. The number of rotatable bonds is 4. The smallest absolute Gasteiger partial charge is 0.417 e. The van der Waals surface area contributed by atoms with Crippen molar-refractivity contribution in [2.24, 2.45) is 5.73 Å². The molecular formula is C14H11F3N2O5. The molecule has 0 saturated carbocycles. The van der Waals surface area contributed by atoms with Crippen molar-refractivity contribution in [3.63, 3.8) is 0 Å². The van der Waals surface area contributed by atoms with E-state index in [2.05, 4.69) is 5.32 Å². The van der Waals surface area contributed by atoms with Gasteiger partial charge in [-0.2, -0.15) is 13.2 Å². The van der Waals surface area contributed by atoms with Gasteiger partial charge in [0.1, 0.15) is 5.58 Å². The maximum absolute atomic E-state index is 12.9. The topological polar surface area (TPSA) is 123 Å². The predicted molar refractivity (Wildman–Crippen MR) is 76.3 cm³/mol. The second-order valence-corrected chi connectivity index (χ2v) is 4.88. The Balaban J connectivity index is 2.37. The van der Waals surface area contributed by atoms with Crippen molar-refractivity contribution in [1.29, 1.82) is 0 Å². The number of nitrogens with two attached hydrogens (primary N) is 1. The van der Waals surface area contributed by atoms with Crippen molar-refractivity contribution in [1.82, 2.24) is 0 Å². The van der Waals surface area contributed by atoms with Gasteiger partial charge in [-0.25, -0.2) is 4.79 Å². The number of fused-ring (bicyclic) bond motifs is 1. The number of nitrogens with one attached hydrogen (secondary N) is 1. The Hall–Kier alpha value is -2.88. The molecule has 0 fully saturated rings. The highest BCUT2D eigenvalue weighted by atomic mass is 19.4. The lowest BCUT2D eigenvalue weighted by atomic mass is 10.1. The molecule has 2 aromatic rings. The van der Waals surface area contributed by atoms with Gasteiger partial charge in [-0.1, -0.05) is 0 Å². The number of carbonyl (C=O) groups excluding carboxylic acids is 1. The molecule has 1 unspecified atom stereocenters. The van der Waals surface area contributed by atoms with Gasteiger partial charge in [0, 0.05) is 23.2 Å². The number of hydrogen-bond acceptors (Lipinski definition) is 5. The van der Waals surface area contributed by atoms with Crippen LogP contribution in [-0.4, -0.2) is 23.0 Å². The third kappa shape index (κ3) is 3.90. The largest absolute Gasteiger partial charge is 0.481 e. The van der Waals surface area contributed by atoms with E-state index in [0.717, 1.165) is 18.2 Å². The number of anilines is 1. The molecule has 1 atom stereocenters. The molecular weight excluding hydrogens is 333 g/mol. The number of hydrogen-bond donors (Lipinski definition) is 3. The van der Waals surface area contributed by atoms with Crippen LogP contribution in [0.2, 0.25) is 0 Å². The molecule has 0 radical (unpaired) electrons. The minimum Gasteiger partial charge on any atom is -0.481 e. The molecule has 0 aliphatic rings. The number of amides is 1. The van der Waals surface area contributed by atoms with E-state index in [9.17, 15) is 27.6 Å². The fraction of sp³-hybridized carbons (Fsp3) is 0.214. The summed E-state index contributed by atoms with van der Waals surface area (Å²) in [6, 6.07) is 2.20. The number of benzene rings is 1. The van der Waals surface area contributed by atoms with Crippen molar-refractivity contribution in [2.75, 3.05) is 5.32 Å². The predicted octanol–water partition coefficient (Wildman–Crippen LogP) is 1.55. The summed E-state index contributed by atoms with van der Waals surface area (Å²) in [6.45, 7) is 0. The standard InChI is InChI=1S/C14H11F3N2O5/c15-14(16,17)8-4-12(22)24-10-3-6(1-2-7(8)10)19-13(23)9(18)5-11(20)21/h1-4,9H,5,18H2,(H,19,23)(H,20,21). The number of carboxylic acids is 1. The highest BCUT2D eigenvalue weighted by molar-refractivity contribution is 5.98. The summed E-state index contributed by atoms with van der Waals surface area (Å²) in [7, 11) is 0. The Kier molecular flexibility index (Phi) is 4.60. The third-order valence-electron chi connectivity index (χ3n) is 3.05. The van der Waals surface area contributed by atoms with E-state index < -0.39 is 41.7 Å². The van der Waals surface area contributed by atoms with Crippen LogP contribution in [0.25, 0.3) is 11.0 Å². The number of carbonyl (C=O) groups is 2. The molecule has 7 nitrogen and oxygen atoms in total. The van der Waals surface area contributed by atoms with E-state index in [0.29, 0.717) is 6.07 Å². The Morgan fingerprint density at radius 1 is 1.29 bits per heavy atom. The van der Waals surface area contributed by atoms with Gasteiger partial charge in [0.15, 0.2) is 0 Å². The van der Waals surface area contributed by atoms with Gasteiger partial charge >= 0.3 is 17.8 Å². The van der Waals surface area contributed by atoms with Crippen LogP contribution in [0.5, 0.6) is 0 Å². The van der Waals surface area contributed by atoms with Crippen molar-refractivity contribution in [3.05, 3.63) is 40.2 Å². The highest BCUT2D eigenvalue weighted by Crippen LogP contribution is 2.34. The van der Waals surface area contributed by atoms with Gasteiger partial charge in [-0.3, -0.25) is 9.59 Å². The van der Waals surface area contributed by atoms with Crippen LogP contribution in [-0.2, 0) is 15.8 Å². The molecule has 1 aromatic carbocycles. The molecule has 1 heterocycles. The maximum atomic E-state index is 12.9. The SMILES string of the molecule is NC(CC(=O)O)C(=O)Nc1ccc2c(C(F)(F)F)cc(=O)oc2c1. The van der Waals surface area contributed by atoms with Gasteiger partial charge in [0.05, 0.1) is 18.0 Å².